The van der Waals surface area contributed by atoms with E-state index in [1.54, 1.807) is 6.07 Å². The second-order valence-electron chi connectivity index (χ2n) is 12.2. The lowest BCUT2D eigenvalue weighted by Gasteiger charge is -2.43. The second kappa shape index (κ2) is 12.7. The number of allylic oxidation sites excluding steroid dienone is 9. The molecule has 4 N–H and O–H groups in total. The quantitative estimate of drug-likeness (QED) is 0.226. The van der Waals surface area contributed by atoms with Gasteiger partial charge in [-0.25, -0.2) is 0 Å². The zero-order valence-corrected chi connectivity index (χ0v) is 24.6. The predicted octanol–water partition coefficient (Wildman–Crippen LogP) is 8.46. The van der Waals surface area contributed by atoms with Crippen molar-refractivity contribution < 1.29 is 5.11 Å². The van der Waals surface area contributed by atoms with E-state index >= 15 is 0 Å². The van der Waals surface area contributed by atoms with Crippen LogP contribution in [0.25, 0.3) is 16.7 Å². The molecule has 3 aromatic carbocycles. The molecule has 1 saturated heterocycles. The van der Waals surface area contributed by atoms with Crippen LogP contribution in [0.2, 0.25) is 0 Å². The monoisotopic (exact) mass is 567 g/mol. The van der Waals surface area contributed by atoms with Crippen molar-refractivity contribution in [3.05, 3.63) is 144 Å². The molecule has 0 amide bonds. The molecule has 0 aromatic heterocycles. The molecule has 5 atom stereocenters. The van der Waals surface area contributed by atoms with E-state index in [4.69, 9.17) is 0 Å². The van der Waals surface area contributed by atoms with Gasteiger partial charge >= 0.3 is 0 Å². The lowest BCUT2D eigenvalue weighted by atomic mass is 9.83. The van der Waals surface area contributed by atoms with Crippen molar-refractivity contribution in [2.45, 2.75) is 57.0 Å². The molecule has 4 aliphatic rings. The summed E-state index contributed by atoms with van der Waals surface area (Å²) < 4.78 is 0. The fourth-order valence-electron chi connectivity index (χ4n) is 6.92. The van der Waals surface area contributed by atoms with Gasteiger partial charge in [0.25, 0.3) is 0 Å². The van der Waals surface area contributed by atoms with Crippen LogP contribution in [-0.2, 0) is 0 Å². The van der Waals surface area contributed by atoms with Crippen molar-refractivity contribution in [2.75, 3.05) is 0 Å². The lowest BCUT2D eigenvalue weighted by Crippen LogP contribution is -2.61. The minimum Gasteiger partial charge on any atom is -0.508 e. The van der Waals surface area contributed by atoms with E-state index < -0.39 is 0 Å². The first-order valence-electron chi connectivity index (χ1n) is 15.9. The lowest BCUT2D eigenvalue weighted by molar-refractivity contribution is 0.170. The molecular weight excluding hydrogens is 526 g/mol. The maximum atomic E-state index is 10.6. The summed E-state index contributed by atoms with van der Waals surface area (Å²) >= 11 is 0. The molecule has 4 heteroatoms. The standard InChI is InChI=1S/C39H41N3O/c43-34-24-25-35(31-14-8-3-9-15-31)36(26-34)39-41-37(32-20-16-29(17-21-32)27-10-4-1-5-11-27)40-38(42-39)33-22-18-30(19-23-33)28-12-6-2-7-13-28/h3-4,6,8-12,14-22,24-26,28,33,37-43H,1-2,5,7,13,23H2. The third-order valence-corrected chi connectivity index (χ3v) is 9.30. The molecule has 7 rings (SSSR count). The van der Waals surface area contributed by atoms with Gasteiger partial charge in [0.15, 0.2) is 0 Å². The number of rotatable bonds is 6. The molecule has 4 nitrogen and oxygen atoms in total. The molecule has 1 fully saturated rings. The molecule has 1 heterocycles. The zero-order valence-electron chi connectivity index (χ0n) is 24.6. The first kappa shape index (κ1) is 27.8. The molecule has 0 radical (unpaired) electrons. The van der Waals surface area contributed by atoms with Crippen molar-refractivity contribution in [2.24, 2.45) is 11.8 Å². The van der Waals surface area contributed by atoms with Crippen molar-refractivity contribution in [3.8, 4) is 16.9 Å². The van der Waals surface area contributed by atoms with E-state index in [1.165, 1.54) is 41.5 Å². The van der Waals surface area contributed by atoms with Crippen LogP contribution in [0.4, 0.5) is 0 Å². The Labute approximate surface area is 255 Å². The van der Waals surface area contributed by atoms with Crippen molar-refractivity contribution >= 4 is 5.57 Å². The average Bonchev–Trinajstić information content (AvgIpc) is 3.09. The van der Waals surface area contributed by atoms with E-state index in [0.717, 1.165) is 36.0 Å². The predicted molar refractivity (Wildman–Crippen MR) is 177 cm³/mol. The summed E-state index contributed by atoms with van der Waals surface area (Å²) in [6.07, 6.45) is 25.5. The summed E-state index contributed by atoms with van der Waals surface area (Å²) in [7, 11) is 0. The van der Waals surface area contributed by atoms with E-state index in [2.05, 4.69) is 113 Å². The van der Waals surface area contributed by atoms with E-state index in [1.807, 2.05) is 18.2 Å². The number of hydrogen-bond acceptors (Lipinski definition) is 4. The van der Waals surface area contributed by atoms with Gasteiger partial charge in [0.1, 0.15) is 5.75 Å². The number of nitrogens with one attached hydrogen (secondary N) is 3. The van der Waals surface area contributed by atoms with Gasteiger partial charge in [-0.3, -0.25) is 16.0 Å². The first-order chi connectivity index (χ1) is 21.2. The normalized spacial score (nSPS) is 27.0. The topological polar surface area (TPSA) is 56.3 Å². The van der Waals surface area contributed by atoms with Gasteiger partial charge in [-0.15, -0.1) is 0 Å². The number of aromatic hydroxyl groups is 1. The molecule has 0 bridgehead atoms. The Morgan fingerprint density at radius 3 is 2.30 bits per heavy atom. The fourth-order valence-corrected chi connectivity index (χ4v) is 6.92. The molecule has 3 aliphatic carbocycles. The van der Waals surface area contributed by atoms with Crippen molar-refractivity contribution in [3.63, 3.8) is 0 Å². The highest BCUT2D eigenvalue weighted by atomic mass is 16.3. The highest BCUT2D eigenvalue weighted by Gasteiger charge is 2.34. The fraction of sp³-hybridized carbons (Fsp3) is 0.282. The molecule has 1 aliphatic heterocycles. The Morgan fingerprint density at radius 2 is 1.56 bits per heavy atom. The summed E-state index contributed by atoms with van der Waals surface area (Å²) in [5.74, 6) is 1.13. The minimum absolute atomic E-state index is 0.0434. The van der Waals surface area contributed by atoms with Gasteiger partial charge in [-0.1, -0.05) is 109 Å². The Bertz CT molecular complexity index is 1580. The molecule has 218 valence electrons. The summed E-state index contributed by atoms with van der Waals surface area (Å²) in [6.45, 7) is 0. The zero-order chi connectivity index (χ0) is 29.0. The van der Waals surface area contributed by atoms with Gasteiger partial charge < -0.3 is 5.11 Å². The van der Waals surface area contributed by atoms with Gasteiger partial charge in [0.2, 0.25) is 0 Å². The summed E-state index contributed by atoms with van der Waals surface area (Å²) in [4.78, 5) is 0. The maximum Gasteiger partial charge on any atom is 0.116 e. The van der Waals surface area contributed by atoms with Crippen LogP contribution < -0.4 is 16.0 Å². The largest absolute Gasteiger partial charge is 0.508 e. The molecule has 43 heavy (non-hydrogen) atoms. The third-order valence-electron chi connectivity index (χ3n) is 9.30. The molecular formula is C39H41N3O. The van der Waals surface area contributed by atoms with Crippen LogP contribution in [0.3, 0.4) is 0 Å². The highest BCUT2D eigenvalue weighted by Crippen LogP contribution is 2.36. The summed E-state index contributed by atoms with van der Waals surface area (Å²) in [6, 6.07) is 25.1. The van der Waals surface area contributed by atoms with Crippen molar-refractivity contribution in [1.29, 1.82) is 0 Å². The van der Waals surface area contributed by atoms with Gasteiger partial charge in [0.05, 0.1) is 18.5 Å². The Hall–Kier alpha value is -3.96. The Balaban J connectivity index is 1.19. The van der Waals surface area contributed by atoms with Crippen LogP contribution >= 0.6 is 0 Å². The van der Waals surface area contributed by atoms with Gasteiger partial charge in [-0.2, -0.15) is 0 Å². The smallest absolute Gasteiger partial charge is 0.116 e. The van der Waals surface area contributed by atoms with E-state index in [-0.39, 0.29) is 24.2 Å². The Kier molecular flexibility index (Phi) is 8.24. The maximum absolute atomic E-state index is 10.6. The van der Waals surface area contributed by atoms with E-state index in [9.17, 15) is 5.11 Å². The molecule has 3 aromatic rings. The van der Waals surface area contributed by atoms with E-state index in [0.29, 0.717) is 11.8 Å². The first-order valence-corrected chi connectivity index (χ1v) is 15.9. The van der Waals surface area contributed by atoms with Crippen LogP contribution in [0, 0.1) is 11.8 Å². The SMILES string of the molecule is Oc1ccc(-c2ccccc2)c(C2NC(c3ccc(C4=CCCC=C4)cc3)NC(C3C=CC(C4C=CCCC4)=CC3)N2)c1. The number of hydrogen-bond donors (Lipinski definition) is 4. The van der Waals surface area contributed by atoms with Crippen LogP contribution in [0.5, 0.6) is 5.75 Å². The van der Waals surface area contributed by atoms with Gasteiger partial charge in [-0.05, 0) is 89.6 Å². The summed E-state index contributed by atoms with van der Waals surface area (Å²) in [5.41, 5.74) is 8.50. The summed E-state index contributed by atoms with van der Waals surface area (Å²) in [5, 5.41) is 22.2. The van der Waals surface area contributed by atoms with Crippen LogP contribution in [0.15, 0.2) is 127 Å². The third kappa shape index (κ3) is 6.23. The molecule has 5 unspecified atom stereocenters. The Morgan fingerprint density at radius 1 is 0.698 bits per heavy atom. The molecule has 0 saturated carbocycles. The van der Waals surface area contributed by atoms with Gasteiger partial charge in [0, 0.05) is 11.8 Å². The molecule has 0 spiro atoms. The average molecular weight is 568 g/mol. The van der Waals surface area contributed by atoms with Crippen LogP contribution in [-0.4, -0.2) is 11.3 Å². The van der Waals surface area contributed by atoms with Crippen molar-refractivity contribution in [1.82, 2.24) is 16.0 Å². The second-order valence-corrected chi connectivity index (χ2v) is 12.2. The van der Waals surface area contributed by atoms with Crippen LogP contribution in [0.1, 0.15) is 67.5 Å². The highest BCUT2D eigenvalue weighted by molar-refractivity contribution is 5.75. The number of phenols is 1. The number of phenolic OH excluding ortho intramolecular Hbond substituents is 1. The number of benzene rings is 3. The minimum atomic E-state index is -0.165.